The first kappa shape index (κ1) is 19.0. The van der Waals surface area contributed by atoms with Crippen LogP contribution in [0.5, 0.6) is 0 Å². The van der Waals surface area contributed by atoms with E-state index in [4.69, 9.17) is 23.2 Å². The predicted molar refractivity (Wildman–Crippen MR) is 106 cm³/mol. The second kappa shape index (κ2) is 9.21. The molecule has 0 bridgehead atoms. The Morgan fingerprint density at radius 2 is 1.77 bits per heavy atom. The van der Waals surface area contributed by atoms with Gasteiger partial charge in [0, 0.05) is 38.4 Å². The van der Waals surface area contributed by atoms with Gasteiger partial charge in [0.25, 0.3) is 5.91 Å². The van der Waals surface area contributed by atoms with Gasteiger partial charge in [-0.1, -0.05) is 41.4 Å². The van der Waals surface area contributed by atoms with Crippen molar-refractivity contribution in [3.05, 3.63) is 58.3 Å². The van der Waals surface area contributed by atoms with Crippen LogP contribution in [0.4, 0.5) is 5.69 Å². The van der Waals surface area contributed by atoms with Crippen molar-refractivity contribution in [2.24, 2.45) is 0 Å². The molecule has 2 heterocycles. The molecule has 1 aliphatic rings. The van der Waals surface area contributed by atoms with Crippen molar-refractivity contribution < 1.29 is 4.79 Å². The molecule has 0 aliphatic carbocycles. The smallest absolute Gasteiger partial charge is 0.271 e. The van der Waals surface area contributed by atoms with E-state index >= 15 is 0 Å². The summed E-state index contributed by atoms with van der Waals surface area (Å²) in [6.45, 7) is 5.66. The normalized spacial score (nSPS) is 15.1. The summed E-state index contributed by atoms with van der Waals surface area (Å²) >= 11 is 11.8. The Morgan fingerprint density at radius 3 is 2.50 bits per heavy atom. The van der Waals surface area contributed by atoms with Gasteiger partial charge in [-0.2, -0.15) is 0 Å². The number of aromatic nitrogens is 1. The van der Waals surface area contributed by atoms with Gasteiger partial charge in [-0.05, 0) is 37.2 Å². The molecule has 26 heavy (non-hydrogen) atoms. The maximum atomic E-state index is 12.1. The molecule has 7 heteroatoms. The van der Waals surface area contributed by atoms with E-state index in [1.165, 1.54) is 5.69 Å². The number of hydrogen-bond donors (Lipinski definition) is 1. The minimum Gasteiger partial charge on any atom is -0.369 e. The quantitative estimate of drug-likeness (QED) is 0.604. The molecule has 1 amide bonds. The number of carbonyl (C=O) groups is 1. The third-order valence-corrected chi connectivity index (χ3v) is 4.97. The van der Waals surface area contributed by atoms with Gasteiger partial charge in [0.05, 0.1) is 5.02 Å². The largest absolute Gasteiger partial charge is 0.369 e. The molecule has 138 valence electrons. The molecule has 3 rings (SSSR count). The van der Waals surface area contributed by atoms with Crippen LogP contribution in [0.3, 0.4) is 0 Å². The summed E-state index contributed by atoms with van der Waals surface area (Å²) in [7, 11) is 0. The Balaban J connectivity index is 1.37. The van der Waals surface area contributed by atoms with Crippen molar-refractivity contribution in [1.29, 1.82) is 0 Å². The molecule has 1 N–H and O–H groups in total. The molecular weight excluding hydrogens is 371 g/mol. The highest BCUT2D eigenvalue weighted by atomic mass is 35.5. The van der Waals surface area contributed by atoms with Gasteiger partial charge in [-0.25, -0.2) is 4.98 Å². The molecule has 0 unspecified atom stereocenters. The highest BCUT2D eigenvalue weighted by Gasteiger charge is 2.17. The second-order valence-electron chi connectivity index (χ2n) is 6.24. The number of benzene rings is 1. The number of nitrogens with one attached hydrogen (secondary N) is 1. The Hall–Kier alpha value is -1.82. The fraction of sp³-hybridized carbons (Fsp3) is 0.368. The highest BCUT2D eigenvalue weighted by Crippen LogP contribution is 2.17. The first-order valence-corrected chi connectivity index (χ1v) is 9.51. The molecular formula is C19H22Cl2N4O. The van der Waals surface area contributed by atoms with Gasteiger partial charge in [0.1, 0.15) is 10.8 Å². The van der Waals surface area contributed by atoms with E-state index in [1.54, 1.807) is 12.1 Å². The van der Waals surface area contributed by atoms with E-state index in [2.05, 4.69) is 44.4 Å². The summed E-state index contributed by atoms with van der Waals surface area (Å²) < 4.78 is 0. The summed E-state index contributed by atoms with van der Waals surface area (Å²) in [6, 6.07) is 13.6. The molecule has 2 aromatic rings. The van der Waals surface area contributed by atoms with Crippen LogP contribution in [-0.2, 0) is 0 Å². The van der Waals surface area contributed by atoms with Crippen LogP contribution in [0.2, 0.25) is 10.2 Å². The lowest BCUT2D eigenvalue weighted by atomic mass is 10.2. The first-order valence-electron chi connectivity index (χ1n) is 8.76. The van der Waals surface area contributed by atoms with Gasteiger partial charge < -0.3 is 10.2 Å². The van der Waals surface area contributed by atoms with Crippen molar-refractivity contribution in [3.63, 3.8) is 0 Å². The number of rotatable bonds is 6. The third kappa shape index (κ3) is 5.10. The number of para-hydroxylation sites is 1. The number of amides is 1. The van der Waals surface area contributed by atoms with Crippen LogP contribution in [0, 0.1) is 0 Å². The monoisotopic (exact) mass is 392 g/mol. The molecule has 1 aromatic carbocycles. The van der Waals surface area contributed by atoms with Crippen molar-refractivity contribution in [2.75, 3.05) is 44.2 Å². The van der Waals surface area contributed by atoms with Crippen LogP contribution < -0.4 is 10.2 Å². The fourth-order valence-electron chi connectivity index (χ4n) is 3.03. The lowest BCUT2D eigenvalue weighted by Gasteiger charge is -2.36. The zero-order valence-corrected chi connectivity index (χ0v) is 16.0. The summed E-state index contributed by atoms with van der Waals surface area (Å²) in [4.78, 5) is 21.0. The van der Waals surface area contributed by atoms with Crippen LogP contribution in [0.25, 0.3) is 0 Å². The first-order chi connectivity index (χ1) is 12.6. The van der Waals surface area contributed by atoms with E-state index in [0.29, 0.717) is 11.6 Å². The van der Waals surface area contributed by atoms with Crippen molar-refractivity contribution in [3.8, 4) is 0 Å². The Morgan fingerprint density at radius 1 is 1.04 bits per heavy atom. The number of halogens is 2. The molecule has 1 aromatic heterocycles. The molecule has 1 fully saturated rings. The number of anilines is 1. The van der Waals surface area contributed by atoms with Gasteiger partial charge >= 0.3 is 0 Å². The second-order valence-corrected chi connectivity index (χ2v) is 7.03. The number of piperazine rings is 1. The maximum Gasteiger partial charge on any atom is 0.271 e. The standard InChI is InChI=1S/C19H22Cl2N4O/c20-16-7-8-17(21)23-18(16)19(26)22-9-4-10-24-11-13-25(14-12-24)15-5-2-1-3-6-15/h1-3,5-8H,4,9-14H2,(H,22,26). The summed E-state index contributed by atoms with van der Waals surface area (Å²) in [5.74, 6) is -0.286. The van der Waals surface area contributed by atoms with Gasteiger partial charge in [-0.15, -0.1) is 0 Å². The molecule has 1 aliphatic heterocycles. The van der Waals surface area contributed by atoms with E-state index in [-0.39, 0.29) is 16.8 Å². The summed E-state index contributed by atoms with van der Waals surface area (Å²) in [5.41, 5.74) is 1.46. The van der Waals surface area contributed by atoms with Crippen molar-refractivity contribution in [2.45, 2.75) is 6.42 Å². The zero-order valence-electron chi connectivity index (χ0n) is 14.5. The van der Waals surface area contributed by atoms with E-state index in [9.17, 15) is 4.79 Å². The SMILES string of the molecule is O=C(NCCCN1CCN(c2ccccc2)CC1)c1nc(Cl)ccc1Cl. The molecule has 0 radical (unpaired) electrons. The lowest BCUT2D eigenvalue weighted by Crippen LogP contribution is -2.47. The maximum absolute atomic E-state index is 12.1. The van der Waals surface area contributed by atoms with Gasteiger partial charge in [-0.3, -0.25) is 9.69 Å². The average molecular weight is 393 g/mol. The van der Waals surface area contributed by atoms with Crippen molar-refractivity contribution in [1.82, 2.24) is 15.2 Å². The van der Waals surface area contributed by atoms with Gasteiger partial charge in [0.15, 0.2) is 0 Å². The average Bonchev–Trinajstić information content (AvgIpc) is 2.68. The predicted octanol–water partition coefficient (Wildman–Crippen LogP) is 3.33. The number of carbonyl (C=O) groups excluding carboxylic acids is 1. The number of hydrogen-bond acceptors (Lipinski definition) is 4. The molecule has 1 saturated heterocycles. The molecule has 0 saturated carbocycles. The van der Waals surface area contributed by atoms with E-state index in [1.807, 2.05) is 6.07 Å². The summed E-state index contributed by atoms with van der Waals surface area (Å²) in [6.07, 6.45) is 0.884. The summed E-state index contributed by atoms with van der Waals surface area (Å²) in [5, 5.41) is 3.43. The Labute approximate surface area is 163 Å². The van der Waals surface area contributed by atoms with Crippen LogP contribution in [0.15, 0.2) is 42.5 Å². The van der Waals surface area contributed by atoms with E-state index in [0.717, 1.165) is 39.1 Å². The van der Waals surface area contributed by atoms with Crippen molar-refractivity contribution >= 4 is 34.8 Å². The zero-order chi connectivity index (χ0) is 18.4. The minimum atomic E-state index is -0.286. The van der Waals surface area contributed by atoms with Crippen LogP contribution >= 0.6 is 23.2 Å². The molecule has 5 nitrogen and oxygen atoms in total. The molecule has 0 spiro atoms. The van der Waals surface area contributed by atoms with Gasteiger partial charge in [0.2, 0.25) is 0 Å². The fourth-order valence-corrected chi connectivity index (χ4v) is 3.37. The van der Waals surface area contributed by atoms with Crippen LogP contribution in [-0.4, -0.2) is 55.1 Å². The Bertz CT molecular complexity index is 734. The van der Waals surface area contributed by atoms with E-state index < -0.39 is 0 Å². The molecule has 0 atom stereocenters. The lowest BCUT2D eigenvalue weighted by molar-refractivity contribution is 0.0946. The minimum absolute atomic E-state index is 0.177. The number of pyridine rings is 1. The van der Waals surface area contributed by atoms with Crippen LogP contribution in [0.1, 0.15) is 16.9 Å². The number of nitrogens with zero attached hydrogens (tertiary/aromatic N) is 3. The third-order valence-electron chi connectivity index (χ3n) is 4.46. The Kier molecular flexibility index (Phi) is 6.72. The highest BCUT2D eigenvalue weighted by molar-refractivity contribution is 6.34. The topological polar surface area (TPSA) is 48.5 Å².